The summed E-state index contributed by atoms with van der Waals surface area (Å²) in [5.74, 6) is 0.320. The van der Waals surface area contributed by atoms with Gasteiger partial charge in [0.2, 0.25) is 5.91 Å². The van der Waals surface area contributed by atoms with Crippen LogP contribution >= 0.6 is 0 Å². The fourth-order valence-electron chi connectivity index (χ4n) is 3.79. The van der Waals surface area contributed by atoms with Crippen LogP contribution in [-0.4, -0.2) is 42.3 Å². The summed E-state index contributed by atoms with van der Waals surface area (Å²) in [7, 11) is 0. The summed E-state index contributed by atoms with van der Waals surface area (Å²) in [5.41, 5.74) is 2.49. The van der Waals surface area contributed by atoms with Crippen molar-refractivity contribution < 1.29 is 18.8 Å². The third-order valence-electron chi connectivity index (χ3n) is 5.80. The van der Waals surface area contributed by atoms with Gasteiger partial charge in [-0.3, -0.25) is 14.4 Å². The first-order chi connectivity index (χ1) is 16.5. The molecule has 1 fully saturated rings. The fourth-order valence-corrected chi connectivity index (χ4v) is 3.79. The standard InChI is InChI=1S/C26H28N4O4/c1-18-11-13-30(14-12-18)26(33)19-7-9-20(10-8-19)27-17-24(31)28-21-4-2-5-22(16-21)29-25(32)23-6-3-15-34-23/h2-10,15-16,18,27H,11-14,17H2,1H3,(H,28,31)(H,29,32). The number of carbonyl (C=O) groups excluding carboxylic acids is 3. The number of amides is 3. The maximum Gasteiger partial charge on any atom is 0.291 e. The Labute approximate surface area is 198 Å². The summed E-state index contributed by atoms with van der Waals surface area (Å²) in [6.45, 7) is 3.87. The Bertz CT molecular complexity index is 1130. The molecule has 3 amide bonds. The van der Waals surface area contributed by atoms with E-state index in [1.165, 1.54) is 6.26 Å². The van der Waals surface area contributed by atoms with Crippen LogP contribution in [0.3, 0.4) is 0 Å². The van der Waals surface area contributed by atoms with Crippen molar-refractivity contribution in [3.8, 4) is 0 Å². The van der Waals surface area contributed by atoms with E-state index in [2.05, 4.69) is 22.9 Å². The van der Waals surface area contributed by atoms with E-state index in [1.54, 1.807) is 60.7 Å². The van der Waals surface area contributed by atoms with Crippen molar-refractivity contribution in [1.29, 1.82) is 0 Å². The van der Waals surface area contributed by atoms with E-state index >= 15 is 0 Å². The number of anilines is 3. The van der Waals surface area contributed by atoms with Gasteiger partial charge in [-0.2, -0.15) is 0 Å². The van der Waals surface area contributed by atoms with Crippen molar-refractivity contribution in [2.45, 2.75) is 19.8 Å². The van der Waals surface area contributed by atoms with E-state index in [0.717, 1.165) is 31.6 Å². The molecule has 0 aliphatic carbocycles. The number of nitrogens with one attached hydrogen (secondary N) is 3. The molecule has 8 nitrogen and oxygen atoms in total. The summed E-state index contributed by atoms with van der Waals surface area (Å²) in [6.07, 6.45) is 3.51. The summed E-state index contributed by atoms with van der Waals surface area (Å²) in [5, 5.41) is 8.59. The topological polar surface area (TPSA) is 104 Å². The molecule has 1 aromatic heterocycles. The minimum Gasteiger partial charge on any atom is -0.459 e. The average Bonchev–Trinajstić information content (AvgIpc) is 3.39. The second kappa shape index (κ2) is 10.7. The van der Waals surface area contributed by atoms with Crippen LogP contribution in [-0.2, 0) is 4.79 Å². The number of furan rings is 1. The van der Waals surface area contributed by atoms with E-state index in [4.69, 9.17) is 4.42 Å². The Morgan fingerprint density at radius 2 is 1.62 bits per heavy atom. The van der Waals surface area contributed by atoms with Crippen LogP contribution in [0, 0.1) is 5.92 Å². The van der Waals surface area contributed by atoms with Crippen LogP contribution < -0.4 is 16.0 Å². The lowest BCUT2D eigenvalue weighted by Crippen LogP contribution is -2.37. The molecule has 0 spiro atoms. The zero-order valence-electron chi connectivity index (χ0n) is 19.0. The minimum absolute atomic E-state index is 0.0511. The Balaban J connectivity index is 1.26. The highest BCUT2D eigenvalue weighted by Crippen LogP contribution is 2.19. The maximum absolute atomic E-state index is 12.7. The largest absolute Gasteiger partial charge is 0.459 e. The highest BCUT2D eigenvalue weighted by Gasteiger charge is 2.21. The van der Waals surface area contributed by atoms with Gasteiger partial charge < -0.3 is 25.3 Å². The fraction of sp³-hybridized carbons (Fsp3) is 0.269. The molecule has 0 radical (unpaired) electrons. The van der Waals surface area contributed by atoms with Gasteiger partial charge in [0.05, 0.1) is 12.8 Å². The van der Waals surface area contributed by atoms with Gasteiger partial charge in [-0.1, -0.05) is 13.0 Å². The highest BCUT2D eigenvalue weighted by atomic mass is 16.3. The van der Waals surface area contributed by atoms with Gasteiger partial charge in [-0.15, -0.1) is 0 Å². The average molecular weight is 461 g/mol. The van der Waals surface area contributed by atoms with Gasteiger partial charge in [-0.25, -0.2) is 0 Å². The molecular weight excluding hydrogens is 432 g/mol. The molecule has 1 aliphatic rings. The first-order valence-corrected chi connectivity index (χ1v) is 11.4. The number of carbonyl (C=O) groups is 3. The van der Waals surface area contributed by atoms with Gasteiger partial charge >= 0.3 is 0 Å². The number of hydrogen-bond donors (Lipinski definition) is 3. The molecular formula is C26H28N4O4. The van der Waals surface area contributed by atoms with Gasteiger partial charge in [0.25, 0.3) is 11.8 Å². The highest BCUT2D eigenvalue weighted by molar-refractivity contribution is 6.03. The quantitative estimate of drug-likeness (QED) is 0.483. The molecule has 3 aromatic rings. The molecule has 1 aliphatic heterocycles. The molecule has 0 atom stereocenters. The number of hydrogen-bond acceptors (Lipinski definition) is 5. The summed E-state index contributed by atoms with van der Waals surface area (Å²) in [6, 6.07) is 17.2. The first kappa shape index (κ1) is 23.1. The SMILES string of the molecule is CC1CCN(C(=O)c2ccc(NCC(=O)Nc3cccc(NC(=O)c4ccco4)c3)cc2)CC1. The molecule has 3 N–H and O–H groups in total. The minimum atomic E-state index is -0.369. The van der Waals surface area contributed by atoms with Gasteiger partial charge in [0.15, 0.2) is 5.76 Å². The molecule has 4 rings (SSSR count). The normalized spacial score (nSPS) is 13.9. The van der Waals surface area contributed by atoms with Crippen molar-refractivity contribution >= 4 is 34.8 Å². The summed E-state index contributed by atoms with van der Waals surface area (Å²) < 4.78 is 5.08. The number of piperidine rings is 1. The monoisotopic (exact) mass is 460 g/mol. The Kier molecular flexibility index (Phi) is 7.27. The summed E-state index contributed by atoms with van der Waals surface area (Å²) in [4.78, 5) is 39.1. The molecule has 8 heteroatoms. The van der Waals surface area contributed by atoms with Gasteiger partial charge in [0, 0.05) is 35.7 Å². The molecule has 2 heterocycles. The maximum atomic E-state index is 12.7. The number of likely N-dealkylation sites (tertiary alicyclic amines) is 1. The second-order valence-corrected chi connectivity index (χ2v) is 8.47. The van der Waals surface area contributed by atoms with Crippen molar-refractivity contribution in [2.75, 3.05) is 35.6 Å². The third kappa shape index (κ3) is 6.04. The molecule has 0 unspecified atom stereocenters. The number of rotatable bonds is 7. The Hall–Kier alpha value is -4.07. The first-order valence-electron chi connectivity index (χ1n) is 11.4. The predicted molar refractivity (Wildman–Crippen MR) is 131 cm³/mol. The van der Waals surface area contributed by atoms with Crippen LogP contribution in [0.5, 0.6) is 0 Å². The molecule has 34 heavy (non-hydrogen) atoms. The lowest BCUT2D eigenvalue weighted by molar-refractivity contribution is -0.114. The van der Waals surface area contributed by atoms with Gasteiger partial charge in [0.1, 0.15) is 0 Å². The predicted octanol–water partition coefficient (Wildman–Crippen LogP) is 4.45. The van der Waals surface area contributed by atoms with Crippen molar-refractivity contribution in [1.82, 2.24) is 4.90 Å². The van der Waals surface area contributed by atoms with Crippen LogP contribution in [0.4, 0.5) is 17.1 Å². The Morgan fingerprint density at radius 3 is 2.29 bits per heavy atom. The van der Waals surface area contributed by atoms with E-state index in [-0.39, 0.29) is 30.0 Å². The molecule has 1 saturated heterocycles. The van der Waals surface area contributed by atoms with Crippen LogP contribution in [0.1, 0.15) is 40.7 Å². The molecule has 0 bridgehead atoms. The van der Waals surface area contributed by atoms with Crippen molar-refractivity contribution in [3.63, 3.8) is 0 Å². The van der Waals surface area contributed by atoms with Crippen LogP contribution in [0.25, 0.3) is 0 Å². The molecule has 176 valence electrons. The van der Waals surface area contributed by atoms with Crippen molar-refractivity contribution in [2.24, 2.45) is 5.92 Å². The zero-order chi connectivity index (χ0) is 23.9. The summed E-state index contributed by atoms with van der Waals surface area (Å²) >= 11 is 0. The smallest absolute Gasteiger partial charge is 0.291 e. The Morgan fingerprint density at radius 1 is 0.912 bits per heavy atom. The number of nitrogens with zero attached hydrogens (tertiary/aromatic N) is 1. The van der Waals surface area contributed by atoms with Gasteiger partial charge in [-0.05, 0) is 73.4 Å². The van der Waals surface area contributed by atoms with E-state index in [0.29, 0.717) is 22.9 Å². The van der Waals surface area contributed by atoms with Crippen LogP contribution in [0.15, 0.2) is 71.3 Å². The van der Waals surface area contributed by atoms with E-state index in [1.807, 2.05) is 4.90 Å². The lowest BCUT2D eigenvalue weighted by Gasteiger charge is -2.30. The number of benzene rings is 2. The van der Waals surface area contributed by atoms with E-state index < -0.39 is 0 Å². The third-order valence-corrected chi connectivity index (χ3v) is 5.80. The lowest BCUT2D eigenvalue weighted by atomic mass is 9.98. The second-order valence-electron chi connectivity index (χ2n) is 8.47. The zero-order valence-corrected chi connectivity index (χ0v) is 19.0. The van der Waals surface area contributed by atoms with Crippen LogP contribution in [0.2, 0.25) is 0 Å². The molecule has 2 aromatic carbocycles. The molecule has 0 saturated carbocycles. The van der Waals surface area contributed by atoms with E-state index in [9.17, 15) is 14.4 Å². The van der Waals surface area contributed by atoms with Crippen molar-refractivity contribution in [3.05, 3.63) is 78.3 Å².